The third-order valence-electron chi connectivity index (χ3n) is 3.05. The number of aromatic nitrogens is 2. The summed E-state index contributed by atoms with van der Waals surface area (Å²) >= 11 is 0. The van der Waals surface area contributed by atoms with Gasteiger partial charge in [-0.1, -0.05) is 6.92 Å². The largest absolute Gasteiger partial charge is 0.348 e. The maximum absolute atomic E-state index is 11.9. The average molecular weight is 222 g/mol. The lowest BCUT2D eigenvalue weighted by atomic mass is 9.95. The van der Waals surface area contributed by atoms with Crippen LogP contribution >= 0.6 is 0 Å². The van der Waals surface area contributed by atoms with Crippen LogP contribution in [0.1, 0.15) is 23.8 Å². The zero-order valence-corrected chi connectivity index (χ0v) is 9.73. The van der Waals surface area contributed by atoms with E-state index in [0.717, 1.165) is 19.5 Å². The standard InChI is InChI=1S/C11H18N4O/c1-8-7-12-5-3-9(8)13-11(16)10-4-6-15(2)14-10/h4,6,8-9,12H,3,5,7H2,1-2H3,(H,13,16). The molecule has 0 radical (unpaired) electrons. The zero-order valence-electron chi connectivity index (χ0n) is 9.73. The zero-order chi connectivity index (χ0) is 11.5. The predicted octanol–water partition coefficient (Wildman–Crippen LogP) is 0.148. The van der Waals surface area contributed by atoms with Gasteiger partial charge in [-0.3, -0.25) is 9.48 Å². The first-order valence-corrected chi connectivity index (χ1v) is 5.68. The van der Waals surface area contributed by atoms with Crippen molar-refractivity contribution in [1.29, 1.82) is 0 Å². The van der Waals surface area contributed by atoms with Crippen molar-refractivity contribution >= 4 is 5.91 Å². The molecule has 0 saturated carbocycles. The number of nitrogens with zero attached hydrogens (tertiary/aromatic N) is 2. The third kappa shape index (κ3) is 2.41. The van der Waals surface area contributed by atoms with Gasteiger partial charge in [0.15, 0.2) is 0 Å². The van der Waals surface area contributed by atoms with E-state index >= 15 is 0 Å². The lowest BCUT2D eigenvalue weighted by Gasteiger charge is -2.29. The van der Waals surface area contributed by atoms with E-state index in [-0.39, 0.29) is 11.9 Å². The van der Waals surface area contributed by atoms with Gasteiger partial charge < -0.3 is 10.6 Å². The predicted molar refractivity (Wildman–Crippen MR) is 61.1 cm³/mol. The Balaban J connectivity index is 1.96. The third-order valence-corrected chi connectivity index (χ3v) is 3.05. The molecule has 1 aliphatic rings. The average Bonchev–Trinajstić information content (AvgIpc) is 2.68. The Bertz CT molecular complexity index is 374. The van der Waals surface area contributed by atoms with Gasteiger partial charge in [-0.25, -0.2) is 0 Å². The molecule has 2 N–H and O–H groups in total. The molecular formula is C11H18N4O. The lowest BCUT2D eigenvalue weighted by molar-refractivity contribution is 0.0908. The van der Waals surface area contributed by atoms with E-state index in [1.165, 1.54) is 0 Å². The van der Waals surface area contributed by atoms with Gasteiger partial charge in [0.2, 0.25) is 0 Å². The van der Waals surface area contributed by atoms with Gasteiger partial charge in [0.25, 0.3) is 5.91 Å². The summed E-state index contributed by atoms with van der Waals surface area (Å²) in [6.45, 7) is 4.08. The summed E-state index contributed by atoms with van der Waals surface area (Å²) in [6.07, 6.45) is 2.76. The number of piperidine rings is 1. The Morgan fingerprint density at radius 1 is 1.69 bits per heavy atom. The van der Waals surface area contributed by atoms with Crippen molar-refractivity contribution in [2.45, 2.75) is 19.4 Å². The molecule has 1 aromatic heterocycles. The van der Waals surface area contributed by atoms with Gasteiger partial charge in [-0.05, 0) is 31.5 Å². The summed E-state index contributed by atoms with van der Waals surface area (Å²) in [7, 11) is 1.81. The normalized spacial score (nSPS) is 25.4. The van der Waals surface area contributed by atoms with E-state index in [4.69, 9.17) is 0 Å². The smallest absolute Gasteiger partial charge is 0.272 e. The number of hydrogen-bond donors (Lipinski definition) is 2. The van der Waals surface area contributed by atoms with Gasteiger partial charge in [0.05, 0.1) is 0 Å². The van der Waals surface area contributed by atoms with Crippen molar-refractivity contribution in [3.63, 3.8) is 0 Å². The Labute approximate surface area is 95.2 Å². The summed E-state index contributed by atoms with van der Waals surface area (Å²) in [5, 5.41) is 10.4. The molecule has 88 valence electrons. The van der Waals surface area contributed by atoms with Crippen LogP contribution in [-0.4, -0.2) is 34.8 Å². The van der Waals surface area contributed by atoms with Crippen LogP contribution in [0.2, 0.25) is 0 Å². The second-order valence-corrected chi connectivity index (χ2v) is 4.42. The summed E-state index contributed by atoms with van der Waals surface area (Å²) in [4.78, 5) is 11.9. The van der Waals surface area contributed by atoms with E-state index in [0.29, 0.717) is 11.6 Å². The molecular weight excluding hydrogens is 204 g/mol. The number of nitrogens with one attached hydrogen (secondary N) is 2. The van der Waals surface area contributed by atoms with Crippen molar-refractivity contribution in [3.8, 4) is 0 Å². The number of hydrogen-bond acceptors (Lipinski definition) is 3. The Kier molecular flexibility index (Phi) is 3.24. The molecule has 5 heteroatoms. The Hall–Kier alpha value is -1.36. The first-order chi connectivity index (χ1) is 7.66. The fraction of sp³-hybridized carbons (Fsp3) is 0.636. The molecule has 5 nitrogen and oxygen atoms in total. The molecule has 1 amide bonds. The molecule has 1 fully saturated rings. The van der Waals surface area contributed by atoms with Crippen LogP contribution in [0.3, 0.4) is 0 Å². The van der Waals surface area contributed by atoms with Crippen LogP contribution < -0.4 is 10.6 Å². The number of carbonyl (C=O) groups is 1. The summed E-state index contributed by atoms with van der Waals surface area (Å²) in [5.74, 6) is 0.403. The second kappa shape index (κ2) is 4.65. The molecule has 1 aromatic rings. The molecule has 1 saturated heterocycles. The number of carbonyl (C=O) groups excluding carboxylic acids is 1. The van der Waals surface area contributed by atoms with Crippen LogP contribution in [0.4, 0.5) is 0 Å². The molecule has 1 aliphatic heterocycles. The molecule has 2 unspecified atom stereocenters. The van der Waals surface area contributed by atoms with E-state index in [1.54, 1.807) is 16.9 Å². The summed E-state index contributed by atoms with van der Waals surface area (Å²) in [6, 6.07) is 2.00. The SMILES string of the molecule is CC1CNCCC1NC(=O)c1ccn(C)n1. The first kappa shape index (κ1) is 11.1. The van der Waals surface area contributed by atoms with Gasteiger partial charge in [0, 0.05) is 19.3 Å². The second-order valence-electron chi connectivity index (χ2n) is 4.42. The summed E-state index contributed by atoms with van der Waals surface area (Å²) < 4.78 is 1.64. The first-order valence-electron chi connectivity index (χ1n) is 5.68. The molecule has 2 rings (SSSR count). The van der Waals surface area contributed by atoms with Crippen LogP contribution in [-0.2, 0) is 7.05 Å². The molecule has 2 atom stereocenters. The topological polar surface area (TPSA) is 58.9 Å². The lowest BCUT2D eigenvalue weighted by Crippen LogP contribution is -2.48. The fourth-order valence-electron chi connectivity index (χ4n) is 2.01. The monoisotopic (exact) mass is 222 g/mol. The minimum atomic E-state index is -0.0700. The van der Waals surface area contributed by atoms with Crippen molar-refractivity contribution in [1.82, 2.24) is 20.4 Å². The molecule has 16 heavy (non-hydrogen) atoms. The van der Waals surface area contributed by atoms with Gasteiger partial charge in [-0.15, -0.1) is 0 Å². The van der Waals surface area contributed by atoms with E-state index in [9.17, 15) is 4.79 Å². The van der Waals surface area contributed by atoms with Crippen molar-refractivity contribution in [3.05, 3.63) is 18.0 Å². The molecule has 2 heterocycles. The Morgan fingerprint density at radius 2 is 2.50 bits per heavy atom. The maximum atomic E-state index is 11.9. The van der Waals surface area contributed by atoms with Crippen molar-refractivity contribution < 1.29 is 4.79 Å². The molecule has 0 aromatic carbocycles. The van der Waals surface area contributed by atoms with Gasteiger partial charge >= 0.3 is 0 Å². The quantitative estimate of drug-likeness (QED) is 0.748. The number of aryl methyl sites for hydroxylation is 1. The van der Waals surface area contributed by atoms with E-state index in [1.807, 2.05) is 7.05 Å². The Morgan fingerprint density at radius 3 is 3.12 bits per heavy atom. The highest BCUT2D eigenvalue weighted by molar-refractivity contribution is 5.92. The number of amides is 1. The fourth-order valence-corrected chi connectivity index (χ4v) is 2.01. The highest BCUT2D eigenvalue weighted by Gasteiger charge is 2.23. The van der Waals surface area contributed by atoms with Gasteiger partial charge in [-0.2, -0.15) is 5.10 Å². The highest BCUT2D eigenvalue weighted by atomic mass is 16.2. The van der Waals surface area contributed by atoms with Crippen LogP contribution in [0, 0.1) is 5.92 Å². The minimum Gasteiger partial charge on any atom is -0.348 e. The molecule has 0 aliphatic carbocycles. The van der Waals surface area contributed by atoms with Crippen LogP contribution in [0.15, 0.2) is 12.3 Å². The van der Waals surface area contributed by atoms with Crippen molar-refractivity contribution in [2.24, 2.45) is 13.0 Å². The number of rotatable bonds is 2. The van der Waals surface area contributed by atoms with E-state index in [2.05, 4.69) is 22.7 Å². The minimum absolute atomic E-state index is 0.0700. The van der Waals surface area contributed by atoms with Crippen LogP contribution in [0.25, 0.3) is 0 Å². The summed E-state index contributed by atoms with van der Waals surface area (Å²) in [5.41, 5.74) is 0.494. The van der Waals surface area contributed by atoms with E-state index < -0.39 is 0 Å². The molecule has 0 bridgehead atoms. The van der Waals surface area contributed by atoms with Crippen LogP contribution in [0.5, 0.6) is 0 Å². The van der Waals surface area contributed by atoms with Crippen molar-refractivity contribution in [2.75, 3.05) is 13.1 Å². The maximum Gasteiger partial charge on any atom is 0.272 e. The van der Waals surface area contributed by atoms with Gasteiger partial charge in [0.1, 0.15) is 5.69 Å². The highest BCUT2D eigenvalue weighted by Crippen LogP contribution is 2.10. The molecule has 0 spiro atoms.